The number of hydrogen-bond acceptors (Lipinski definition) is 6. The van der Waals surface area contributed by atoms with Crippen LogP contribution in [0.2, 0.25) is 0 Å². The van der Waals surface area contributed by atoms with Crippen molar-refractivity contribution in [2.24, 2.45) is 0 Å². The topological polar surface area (TPSA) is 74.5 Å². The van der Waals surface area contributed by atoms with Gasteiger partial charge in [-0.05, 0) is 58.4 Å². The van der Waals surface area contributed by atoms with Crippen molar-refractivity contribution in [2.45, 2.75) is 6.61 Å². The number of aromatic nitrogens is 2. The van der Waals surface area contributed by atoms with Gasteiger partial charge in [0.2, 0.25) is 5.89 Å². The molecule has 0 bridgehead atoms. The second-order valence-corrected chi connectivity index (χ2v) is 6.70. The molecule has 1 aromatic heterocycles. The first-order valence-corrected chi connectivity index (χ1v) is 8.74. The van der Waals surface area contributed by atoms with Gasteiger partial charge in [0.05, 0.1) is 17.1 Å². The van der Waals surface area contributed by atoms with Crippen molar-refractivity contribution >= 4 is 37.8 Å². The monoisotopic (exact) mass is 466 g/mol. The number of benzene rings is 2. The molecule has 0 aliphatic carbocycles. The largest absolute Gasteiger partial charge is 0.483 e. The van der Waals surface area contributed by atoms with E-state index in [-0.39, 0.29) is 6.61 Å². The molecule has 6 nitrogen and oxygen atoms in total. The molecule has 25 heavy (non-hydrogen) atoms. The average Bonchev–Trinajstić information content (AvgIpc) is 3.09. The first-order chi connectivity index (χ1) is 12.1. The van der Waals surface area contributed by atoms with E-state index in [0.29, 0.717) is 27.6 Å². The summed E-state index contributed by atoms with van der Waals surface area (Å²) in [6.07, 6.45) is 0. The van der Waals surface area contributed by atoms with Gasteiger partial charge in [-0.2, -0.15) is 0 Å². The van der Waals surface area contributed by atoms with E-state index in [1.807, 2.05) is 24.3 Å². The molecule has 0 saturated carbocycles. The number of halogens is 2. The number of carbonyl (C=O) groups is 1. The number of hydrogen-bond donors (Lipinski definition) is 0. The first kappa shape index (κ1) is 17.6. The lowest BCUT2D eigenvalue weighted by Crippen LogP contribution is -2.02. The molecule has 0 saturated heterocycles. The van der Waals surface area contributed by atoms with Crippen molar-refractivity contribution in [3.05, 3.63) is 62.9 Å². The maximum Gasteiger partial charge on any atom is 0.337 e. The molecule has 128 valence electrons. The third-order valence-corrected chi connectivity index (χ3v) is 4.41. The Morgan fingerprint density at radius 1 is 1.12 bits per heavy atom. The Bertz CT molecular complexity index is 894. The highest BCUT2D eigenvalue weighted by molar-refractivity contribution is 9.10. The van der Waals surface area contributed by atoms with Gasteiger partial charge in [-0.25, -0.2) is 4.79 Å². The minimum absolute atomic E-state index is 0.111. The molecule has 0 aliphatic heterocycles. The second kappa shape index (κ2) is 7.79. The summed E-state index contributed by atoms with van der Waals surface area (Å²) in [7, 11) is 1.33. The second-order valence-electron chi connectivity index (χ2n) is 4.93. The minimum atomic E-state index is -0.414. The van der Waals surface area contributed by atoms with Gasteiger partial charge in [-0.15, -0.1) is 10.2 Å². The molecule has 2 aromatic carbocycles. The van der Waals surface area contributed by atoms with Crippen LogP contribution >= 0.6 is 31.9 Å². The lowest BCUT2D eigenvalue weighted by molar-refractivity contribution is 0.0600. The van der Waals surface area contributed by atoms with Crippen LogP contribution in [0.15, 0.2) is 55.8 Å². The highest BCUT2D eigenvalue weighted by Crippen LogP contribution is 2.27. The lowest BCUT2D eigenvalue weighted by Gasteiger charge is -2.07. The van der Waals surface area contributed by atoms with Crippen molar-refractivity contribution in [2.75, 3.05) is 7.11 Å². The van der Waals surface area contributed by atoms with Crippen LogP contribution in [0, 0.1) is 0 Å². The van der Waals surface area contributed by atoms with Crippen molar-refractivity contribution in [3.63, 3.8) is 0 Å². The predicted molar refractivity (Wildman–Crippen MR) is 97.2 cm³/mol. The smallest absolute Gasteiger partial charge is 0.337 e. The number of carbonyl (C=O) groups excluding carboxylic acids is 1. The molecule has 0 unspecified atom stereocenters. The summed E-state index contributed by atoms with van der Waals surface area (Å²) >= 11 is 6.74. The summed E-state index contributed by atoms with van der Waals surface area (Å²) < 4.78 is 17.5. The van der Waals surface area contributed by atoms with Gasteiger partial charge in [-0.1, -0.05) is 15.9 Å². The maximum atomic E-state index is 11.5. The Labute approximate surface area is 160 Å². The van der Waals surface area contributed by atoms with E-state index in [0.717, 1.165) is 10.0 Å². The predicted octanol–water partition coefficient (Wildman–Crippen LogP) is 4.63. The fourth-order valence-corrected chi connectivity index (χ4v) is 2.78. The van der Waals surface area contributed by atoms with E-state index in [1.54, 1.807) is 18.2 Å². The maximum absolute atomic E-state index is 11.5. The van der Waals surface area contributed by atoms with Crippen LogP contribution in [0.25, 0.3) is 11.5 Å². The first-order valence-electron chi connectivity index (χ1n) is 7.16. The van der Waals surface area contributed by atoms with E-state index in [2.05, 4.69) is 46.8 Å². The van der Waals surface area contributed by atoms with Gasteiger partial charge in [0.15, 0.2) is 6.61 Å². The van der Waals surface area contributed by atoms with E-state index in [9.17, 15) is 4.79 Å². The quantitative estimate of drug-likeness (QED) is 0.509. The number of esters is 1. The number of rotatable bonds is 5. The van der Waals surface area contributed by atoms with E-state index >= 15 is 0 Å². The van der Waals surface area contributed by atoms with Crippen LogP contribution in [0.4, 0.5) is 0 Å². The standard InChI is InChI=1S/C17H12Br2N2O4/c1-23-17(22)11-4-7-14(13(19)8-11)24-9-15-20-21-16(25-15)10-2-5-12(18)6-3-10/h2-8H,9H2,1H3. The normalized spacial score (nSPS) is 10.5. The highest BCUT2D eigenvalue weighted by Gasteiger charge is 2.12. The van der Waals surface area contributed by atoms with Crippen LogP contribution < -0.4 is 4.74 Å². The Balaban J connectivity index is 1.68. The number of ether oxygens (including phenoxy) is 2. The summed E-state index contributed by atoms with van der Waals surface area (Å²) in [5.74, 6) is 0.910. The Kier molecular flexibility index (Phi) is 5.50. The molecule has 0 amide bonds. The summed E-state index contributed by atoms with van der Waals surface area (Å²) in [6, 6.07) is 12.5. The molecule has 0 radical (unpaired) electrons. The molecule has 0 N–H and O–H groups in total. The molecular weight excluding hydrogens is 456 g/mol. The van der Waals surface area contributed by atoms with Crippen LogP contribution in [-0.4, -0.2) is 23.3 Å². The van der Waals surface area contributed by atoms with Gasteiger partial charge in [0.1, 0.15) is 5.75 Å². The van der Waals surface area contributed by atoms with E-state index in [1.165, 1.54) is 7.11 Å². The Morgan fingerprint density at radius 3 is 2.56 bits per heavy atom. The average molecular weight is 468 g/mol. The zero-order chi connectivity index (χ0) is 17.8. The Morgan fingerprint density at radius 2 is 1.88 bits per heavy atom. The molecule has 1 heterocycles. The molecular formula is C17H12Br2N2O4. The van der Waals surface area contributed by atoms with Crippen LogP contribution in [-0.2, 0) is 11.3 Å². The van der Waals surface area contributed by atoms with Gasteiger partial charge in [0.25, 0.3) is 5.89 Å². The van der Waals surface area contributed by atoms with Gasteiger partial charge < -0.3 is 13.9 Å². The molecule has 0 aliphatic rings. The van der Waals surface area contributed by atoms with Crippen molar-refractivity contribution in [3.8, 4) is 17.2 Å². The summed E-state index contributed by atoms with van der Waals surface area (Å²) in [5.41, 5.74) is 1.25. The third kappa shape index (κ3) is 4.26. The van der Waals surface area contributed by atoms with Crippen LogP contribution in [0.3, 0.4) is 0 Å². The van der Waals surface area contributed by atoms with Gasteiger partial charge in [0, 0.05) is 10.0 Å². The zero-order valence-electron chi connectivity index (χ0n) is 13.0. The third-order valence-electron chi connectivity index (χ3n) is 3.26. The molecule has 0 spiro atoms. The highest BCUT2D eigenvalue weighted by atomic mass is 79.9. The van der Waals surface area contributed by atoms with Crippen LogP contribution in [0.5, 0.6) is 5.75 Å². The molecule has 8 heteroatoms. The minimum Gasteiger partial charge on any atom is -0.483 e. The number of nitrogens with zero attached hydrogens (tertiary/aromatic N) is 2. The van der Waals surface area contributed by atoms with E-state index in [4.69, 9.17) is 9.15 Å². The zero-order valence-corrected chi connectivity index (χ0v) is 16.2. The van der Waals surface area contributed by atoms with Crippen LogP contribution in [0.1, 0.15) is 16.2 Å². The molecule has 3 rings (SSSR count). The van der Waals surface area contributed by atoms with Crippen molar-refractivity contribution in [1.82, 2.24) is 10.2 Å². The number of methoxy groups -OCH3 is 1. The molecule has 0 fully saturated rings. The summed E-state index contributed by atoms with van der Waals surface area (Å²) in [4.78, 5) is 11.5. The van der Waals surface area contributed by atoms with Gasteiger partial charge >= 0.3 is 5.97 Å². The summed E-state index contributed by atoms with van der Waals surface area (Å²) in [6.45, 7) is 0.111. The molecule has 3 aromatic rings. The van der Waals surface area contributed by atoms with Crippen molar-refractivity contribution in [1.29, 1.82) is 0 Å². The fourth-order valence-electron chi connectivity index (χ4n) is 2.02. The molecule has 0 atom stereocenters. The lowest BCUT2D eigenvalue weighted by atomic mass is 10.2. The van der Waals surface area contributed by atoms with E-state index < -0.39 is 5.97 Å². The summed E-state index contributed by atoms with van der Waals surface area (Å²) in [5, 5.41) is 7.99. The Hall–Kier alpha value is -2.19. The van der Waals surface area contributed by atoms with Gasteiger partial charge in [-0.3, -0.25) is 0 Å². The SMILES string of the molecule is COC(=O)c1ccc(OCc2nnc(-c3ccc(Br)cc3)o2)c(Br)c1. The fraction of sp³-hybridized carbons (Fsp3) is 0.118. The van der Waals surface area contributed by atoms with Crippen molar-refractivity contribution < 1.29 is 18.7 Å².